The fraction of sp³-hybridized carbons (Fsp3) is 0.152. The number of ether oxygens (including phenoxy) is 1. The molecule has 0 bridgehead atoms. The first-order valence-electron chi connectivity index (χ1n) is 13.2. The van der Waals surface area contributed by atoms with Crippen molar-refractivity contribution in [3.63, 3.8) is 0 Å². The highest BCUT2D eigenvalue weighted by molar-refractivity contribution is 7.80. The Labute approximate surface area is 238 Å². The summed E-state index contributed by atoms with van der Waals surface area (Å²) in [5.74, 6) is 1.33. The van der Waals surface area contributed by atoms with Crippen LogP contribution in [0.3, 0.4) is 0 Å². The molecule has 3 heterocycles. The van der Waals surface area contributed by atoms with Gasteiger partial charge in [0.25, 0.3) is 0 Å². The zero-order valence-electron chi connectivity index (χ0n) is 22.5. The number of hydrogen-bond donors (Lipinski definition) is 1. The lowest BCUT2D eigenvalue weighted by atomic mass is 9.96. The van der Waals surface area contributed by atoms with Crippen molar-refractivity contribution < 1.29 is 9.13 Å². The minimum atomic E-state index is -0.256. The molecule has 7 heteroatoms. The topological polar surface area (TPSA) is 42.3 Å². The van der Waals surface area contributed by atoms with Crippen LogP contribution in [0.15, 0.2) is 103 Å². The number of nitrogens with zero attached hydrogens (tertiary/aromatic N) is 3. The quantitative estimate of drug-likeness (QED) is 0.219. The van der Waals surface area contributed by atoms with Crippen LogP contribution in [0.1, 0.15) is 40.3 Å². The molecule has 40 heavy (non-hydrogen) atoms. The molecule has 1 saturated heterocycles. The number of pyridine rings is 1. The Morgan fingerprint density at radius 2 is 1.55 bits per heavy atom. The average Bonchev–Trinajstić information content (AvgIpc) is 3.46. The van der Waals surface area contributed by atoms with E-state index >= 15 is 0 Å². The van der Waals surface area contributed by atoms with E-state index < -0.39 is 0 Å². The summed E-state index contributed by atoms with van der Waals surface area (Å²) in [6.45, 7) is 6.20. The Morgan fingerprint density at radius 3 is 2.25 bits per heavy atom. The first-order valence-corrected chi connectivity index (χ1v) is 13.6. The molecular formula is C33H29FN4OS. The van der Waals surface area contributed by atoms with E-state index in [9.17, 15) is 4.39 Å². The van der Waals surface area contributed by atoms with Crippen molar-refractivity contribution in [3.05, 3.63) is 137 Å². The highest BCUT2D eigenvalue weighted by Gasteiger charge is 2.42. The summed E-state index contributed by atoms with van der Waals surface area (Å²) >= 11 is 5.93. The number of aromatic nitrogens is 2. The summed E-state index contributed by atoms with van der Waals surface area (Å²) in [5.41, 5.74) is 7.07. The van der Waals surface area contributed by atoms with Crippen molar-refractivity contribution in [2.45, 2.75) is 32.9 Å². The highest BCUT2D eigenvalue weighted by Crippen LogP contribution is 2.44. The minimum Gasteiger partial charge on any atom is -0.457 e. The second-order valence-electron chi connectivity index (χ2n) is 10.00. The largest absolute Gasteiger partial charge is 0.457 e. The molecule has 2 aromatic heterocycles. The van der Waals surface area contributed by atoms with E-state index in [0.717, 1.165) is 51.1 Å². The molecule has 1 aliphatic rings. The Kier molecular flexibility index (Phi) is 6.82. The fourth-order valence-electron chi connectivity index (χ4n) is 5.50. The molecule has 5 aromatic rings. The number of benzene rings is 3. The second-order valence-corrected chi connectivity index (χ2v) is 10.4. The zero-order valence-corrected chi connectivity index (χ0v) is 23.3. The summed E-state index contributed by atoms with van der Waals surface area (Å²) in [4.78, 5) is 6.83. The first-order chi connectivity index (χ1) is 19.4. The van der Waals surface area contributed by atoms with Crippen molar-refractivity contribution in [2.24, 2.45) is 0 Å². The van der Waals surface area contributed by atoms with E-state index in [4.69, 9.17) is 17.0 Å². The van der Waals surface area contributed by atoms with E-state index in [1.54, 1.807) is 18.3 Å². The van der Waals surface area contributed by atoms with Crippen LogP contribution in [0.5, 0.6) is 11.5 Å². The Bertz CT molecular complexity index is 1670. The average molecular weight is 549 g/mol. The molecule has 2 atom stereocenters. The number of halogens is 1. The number of aryl methyl sites for hydroxylation is 2. The van der Waals surface area contributed by atoms with E-state index in [-0.39, 0.29) is 17.9 Å². The maximum atomic E-state index is 13.7. The molecule has 0 aliphatic carbocycles. The maximum absolute atomic E-state index is 13.7. The van der Waals surface area contributed by atoms with Crippen molar-refractivity contribution in [2.75, 3.05) is 4.90 Å². The third-order valence-corrected chi connectivity index (χ3v) is 7.72. The number of hydrogen-bond acceptors (Lipinski definition) is 3. The number of para-hydroxylation sites is 1. The molecule has 0 spiro atoms. The van der Waals surface area contributed by atoms with Gasteiger partial charge in [0.1, 0.15) is 17.3 Å². The van der Waals surface area contributed by atoms with Crippen LogP contribution in [0.4, 0.5) is 10.1 Å². The zero-order chi connectivity index (χ0) is 27.8. The third kappa shape index (κ3) is 4.73. The van der Waals surface area contributed by atoms with Crippen LogP contribution in [-0.2, 0) is 0 Å². The van der Waals surface area contributed by atoms with Gasteiger partial charge in [-0.1, -0.05) is 24.3 Å². The number of thiocarbonyl (C=S) groups is 1. The number of rotatable bonds is 6. The van der Waals surface area contributed by atoms with Crippen molar-refractivity contribution in [1.82, 2.24) is 14.9 Å². The summed E-state index contributed by atoms with van der Waals surface area (Å²) in [6.07, 6.45) is 1.80. The van der Waals surface area contributed by atoms with Crippen LogP contribution in [0, 0.1) is 26.6 Å². The van der Waals surface area contributed by atoms with Gasteiger partial charge < -0.3 is 19.5 Å². The molecule has 1 N–H and O–H groups in total. The molecule has 1 fully saturated rings. The van der Waals surface area contributed by atoms with E-state index in [2.05, 4.69) is 39.7 Å². The number of nitrogens with one attached hydrogen (secondary N) is 1. The molecule has 0 amide bonds. The summed E-state index contributed by atoms with van der Waals surface area (Å²) in [7, 11) is 0. The molecule has 0 radical (unpaired) electrons. The van der Waals surface area contributed by atoms with Gasteiger partial charge in [-0.2, -0.15) is 0 Å². The van der Waals surface area contributed by atoms with Gasteiger partial charge in [0.2, 0.25) is 0 Å². The molecule has 5 nitrogen and oxygen atoms in total. The third-order valence-electron chi connectivity index (χ3n) is 7.41. The van der Waals surface area contributed by atoms with Gasteiger partial charge >= 0.3 is 0 Å². The monoisotopic (exact) mass is 548 g/mol. The minimum absolute atomic E-state index is 0.161. The van der Waals surface area contributed by atoms with Crippen LogP contribution >= 0.6 is 12.2 Å². The SMILES string of the molecule is Cc1ccccc1Oc1ccc(N2C(=S)N[C@@H](c3ccccn3)[C@H]2c2cc(C)n(-c3ccc(F)cc3)c2C)cc1. The van der Waals surface area contributed by atoms with E-state index in [1.807, 2.05) is 73.7 Å². The van der Waals surface area contributed by atoms with Gasteiger partial charge in [-0.05, 0) is 117 Å². The number of anilines is 1. The van der Waals surface area contributed by atoms with Gasteiger partial charge in [-0.3, -0.25) is 4.98 Å². The van der Waals surface area contributed by atoms with Crippen LogP contribution in [0.25, 0.3) is 5.69 Å². The Balaban J connectivity index is 1.41. The summed E-state index contributed by atoms with van der Waals surface area (Å²) in [6, 6.07) is 30.4. The van der Waals surface area contributed by atoms with E-state index in [0.29, 0.717) is 5.11 Å². The van der Waals surface area contributed by atoms with Gasteiger partial charge in [-0.25, -0.2) is 4.39 Å². The van der Waals surface area contributed by atoms with Gasteiger partial charge in [0.15, 0.2) is 5.11 Å². The van der Waals surface area contributed by atoms with Gasteiger partial charge in [0.05, 0.1) is 17.8 Å². The lowest BCUT2D eigenvalue weighted by molar-refractivity contribution is 0.479. The molecule has 0 unspecified atom stereocenters. The molecular weight excluding hydrogens is 519 g/mol. The van der Waals surface area contributed by atoms with Gasteiger partial charge in [-0.15, -0.1) is 0 Å². The Hall–Kier alpha value is -4.49. The van der Waals surface area contributed by atoms with Crippen LogP contribution in [0.2, 0.25) is 0 Å². The predicted molar refractivity (Wildman–Crippen MR) is 161 cm³/mol. The maximum Gasteiger partial charge on any atom is 0.174 e. The highest BCUT2D eigenvalue weighted by atomic mass is 32.1. The van der Waals surface area contributed by atoms with Crippen molar-refractivity contribution >= 4 is 23.0 Å². The summed E-state index contributed by atoms with van der Waals surface area (Å²) in [5, 5.41) is 4.16. The van der Waals surface area contributed by atoms with E-state index in [1.165, 1.54) is 12.1 Å². The van der Waals surface area contributed by atoms with Crippen molar-refractivity contribution in [3.8, 4) is 17.2 Å². The van der Waals surface area contributed by atoms with Gasteiger partial charge in [0, 0.05) is 29.0 Å². The van der Waals surface area contributed by atoms with Crippen LogP contribution in [-0.4, -0.2) is 14.7 Å². The Morgan fingerprint density at radius 1 is 0.850 bits per heavy atom. The van der Waals surface area contributed by atoms with Crippen molar-refractivity contribution in [1.29, 1.82) is 0 Å². The molecule has 6 rings (SSSR count). The first kappa shape index (κ1) is 25.8. The van der Waals surface area contributed by atoms with Crippen LogP contribution < -0.4 is 15.0 Å². The summed E-state index contributed by atoms with van der Waals surface area (Å²) < 4.78 is 22.0. The second kappa shape index (κ2) is 10.6. The molecule has 200 valence electrons. The fourth-order valence-corrected chi connectivity index (χ4v) is 5.84. The lowest BCUT2D eigenvalue weighted by Crippen LogP contribution is -2.29. The predicted octanol–water partition coefficient (Wildman–Crippen LogP) is 7.91. The molecule has 0 saturated carbocycles. The molecule has 1 aliphatic heterocycles. The normalized spacial score (nSPS) is 16.7. The smallest absolute Gasteiger partial charge is 0.174 e. The lowest BCUT2D eigenvalue weighted by Gasteiger charge is -2.28. The molecule has 3 aromatic carbocycles. The standard InChI is InChI=1S/C33H29FN4OS/c1-21-8-4-5-10-30(21)39-27-17-15-26(16-18-27)38-32(31(36-33(38)40)29-9-6-7-19-35-29)28-20-22(2)37(23(28)3)25-13-11-24(34)12-14-25/h4-20,31-32H,1-3H3,(H,36,40)/t31-,32+/m0/s1.